The van der Waals surface area contributed by atoms with E-state index < -0.39 is 24.4 Å². The average Bonchev–Trinajstić information content (AvgIpc) is 3.24. The van der Waals surface area contributed by atoms with E-state index in [1.165, 1.54) is 18.0 Å². The van der Waals surface area contributed by atoms with Crippen LogP contribution in [-0.2, 0) is 31.0 Å². The van der Waals surface area contributed by atoms with Crippen LogP contribution in [0.1, 0.15) is 17.0 Å². The van der Waals surface area contributed by atoms with Crippen LogP contribution in [-0.4, -0.2) is 43.8 Å². The molecule has 3 aromatic rings. The van der Waals surface area contributed by atoms with Gasteiger partial charge in [-0.25, -0.2) is 0 Å². The van der Waals surface area contributed by atoms with Crippen LogP contribution in [0.25, 0.3) is 22.2 Å². The lowest BCUT2D eigenvalue weighted by Crippen LogP contribution is -2.37. The molecule has 29 heavy (non-hydrogen) atoms. The zero-order valence-electron chi connectivity index (χ0n) is 15.1. The monoisotopic (exact) mass is 446 g/mol. The minimum atomic E-state index is -4.59. The number of benzene rings is 1. The Morgan fingerprint density at radius 3 is 2.69 bits per heavy atom. The number of aliphatic hydroxyl groups is 1. The van der Waals surface area contributed by atoms with Crippen molar-refractivity contribution in [3.8, 4) is 11.3 Å². The van der Waals surface area contributed by atoms with Gasteiger partial charge in [0.15, 0.2) is 5.69 Å². The number of carbonyl (C=O) groups excluding carboxylic acids is 1. The maximum atomic E-state index is 13.1. The third kappa shape index (κ3) is 3.27. The number of H-pyrrole nitrogens is 1. The van der Waals surface area contributed by atoms with Crippen LogP contribution in [0.15, 0.2) is 12.1 Å². The fourth-order valence-corrected chi connectivity index (χ4v) is 4.11. The Balaban J connectivity index is 1.97. The summed E-state index contributed by atoms with van der Waals surface area (Å²) in [4.78, 5) is 16.7. The molecule has 3 heterocycles. The fraction of sp³-hybridized carbons (Fsp3) is 0.333. The number of hydrogen-bond donors (Lipinski definition) is 2. The smallest absolute Gasteiger partial charge is 0.387 e. The molecule has 11 heteroatoms. The van der Waals surface area contributed by atoms with Crippen molar-refractivity contribution in [3.05, 3.63) is 39.1 Å². The van der Waals surface area contributed by atoms with E-state index in [0.29, 0.717) is 29.4 Å². The third-order valence-electron chi connectivity index (χ3n) is 5.08. The molecule has 6 nitrogen and oxygen atoms in total. The van der Waals surface area contributed by atoms with Crippen molar-refractivity contribution in [2.75, 3.05) is 13.2 Å². The number of amides is 1. The van der Waals surface area contributed by atoms with E-state index in [1.54, 1.807) is 0 Å². The number of hydrogen-bond acceptors (Lipinski definition) is 3. The number of aromatic amines is 1. The van der Waals surface area contributed by atoms with E-state index in [2.05, 4.69) is 10.1 Å². The summed E-state index contributed by atoms with van der Waals surface area (Å²) in [5.74, 6) is -0.425. The minimum Gasteiger partial charge on any atom is -0.387 e. The maximum absolute atomic E-state index is 13.1. The molecule has 154 valence electrons. The zero-order chi connectivity index (χ0) is 21.1. The van der Waals surface area contributed by atoms with Crippen LogP contribution in [0.3, 0.4) is 0 Å². The van der Waals surface area contributed by atoms with E-state index in [-0.39, 0.29) is 22.3 Å². The molecule has 1 aliphatic heterocycles. The predicted octanol–water partition coefficient (Wildman–Crippen LogP) is 3.77. The SMILES string of the molecule is Cn1nc(C(F)(F)F)cc1-c1cc(Cl)c(Cl)c2[nH]c3c(c12)CN(C(=O)CO)CC3. The van der Waals surface area contributed by atoms with Crippen molar-refractivity contribution in [1.82, 2.24) is 19.7 Å². The maximum Gasteiger partial charge on any atom is 0.435 e. The van der Waals surface area contributed by atoms with Gasteiger partial charge in [-0.2, -0.15) is 18.3 Å². The Hall–Kier alpha value is -2.23. The van der Waals surface area contributed by atoms with Crippen molar-refractivity contribution < 1.29 is 23.1 Å². The van der Waals surface area contributed by atoms with Gasteiger partial charge < -0.3 is 15.0 Å². The van der Waals surface area contributed by atoms with Crippen molar-refractivity contribution in [3.63, 3.8) is 0 Å². The summed E-state index contributed by atoms with van der Waals surface area (Å²) >= 11 is 12.6. The van der Waals surface area contributed by atoms with E-state index in [0.717, 1.165) is 22.0 Å². The number of aryl methyl sites for hydroxylation is 1. The summed E-state index contributed by atoms with van der Waals surface area (Å²) in [5.41, 5.74) is 1.67. The summed E-state index contributed by atoms with van der Waals surface area (Å²) in [6.07, 6.45) is -4.10. The molecule has 0 saturated carbocycles. The second-order valence-electron chi connectivity index (χ2n) is 6.81. The van der Waals surface area contributed by atoms with Gasteiger partial charge in [-0.1, -0.05) is 23.2 Å². The van der Waals surface area contributed by atoms with Gasteiger partial charge in [-0.05, 0) is 12.1 Å². The highest BCUT2D eigenvalue weighted by molar-refractivity contribution is 6.45. The standard InChI is InChI=1S/C18H15Cl2F3N4O2/c1-26-12(5-13(25-26)18(21,22)23)8-4-10(19)16(20)17-15(8)9-6-27(14(29)7-28)3-2-11(9)24-17/h4-5,24,28H,2-3,6-7H2,1H3. The van der Waals surface area contributed by atoms with Crippen LogP contribution < -0.4 is 0 Å². The van der Waals surface area contributed by atoms with E-state index >= 15 is 0 Å². The molecule has 0 fully saturated rings. The van der Waals surface area contributed by atoms with Crippen LogP contribution in [0.5, 0.6) is 0 Å². The number of alkyl halides is 3. The molecule has 2 aromatic heterocycles. The summed E-state index contributed by atoms with van der Waals surface area (Å²) in [6, 6.07) is 2.46. The molecule has 1 aromatic carbocycles. The van der Waals surface area contributed by atoms with Gasteiger partial charge >= 0.3 is 6.18 Å². The molecule has 4 rings (SSSR count). The predicted molar refractivity (Wildman–Crippen MR) is 102 cm³/mol. The van der Waals surface area contributed by atoms with E-state index in [1.807, 2.05) is 0 Å². The lowest BCUT2D eigenvalue weighted by Gasteiger charge is -2.27. The van der Waals surface area contributed by atoms with Gasteiger partial charge in [0.1, 0.15) is 6.61 Å². The van der Waals surface area contributed by atoms with Crippen LogP contribution in [0.2, 0.25) is 10.0 Å². The number of aliphatic hydroxyl groups excluding tert-OH is 1. The molecular weight excluding hydrogens is 432 g/mol. The quantitative estimate of drug-likeness (QED) is 0.628. The first-order valence-electron chi connectivity index (χ1n) is 8.63. The van der Waals surface area contributed by atoms with Gasteiger partial charge in [0.2, 0.25) is 5.91 Å². The molecule has 1 aliphatic rings. The number of halogens is 5. The molecule has 0 aliphatic carbocycles. The van der Waals surface area contributed by atoms with Crippen LogP contribution in [0.4, 0.5) is 13.2 Å². The molecule has 2 N–H and O–H groups in total. The van der Waals surface area contributed by atoms with E-state index in [4.69, 9.17) is 23.2 Å². The number of carbonyl (C=O) groups is 1. The van der Waals surface area contributed by atoms with Gasteiger partial charge in [0.25, 0.3) is 0 Å². The number of fused-ring (bicyclic) bond motifs is 3. The van der Waals surface area contributed by atoms with Crippen molar-refractivity contribution in [2.24, 2.45) is 7.05 Å². The topological polar surface area (TPSA) is 74.2 Å². The second kappa shape index (κ2) is 6.93. The molecule has 0 bridgehead atoms. The third-order valence-corrected chi connectivity index (χ3v) is 5.86. The first-order chi connectivity index (χ1) is 13.6. The Labute approximate surface area is 172 Å². The average molecular weight is 447 g/mol. The largest absolute Gasteiger partial charge is 0.435 e. The Kier molecular flexibility index (Phi) is 4.79. The minimum absolute atomic E-state index is 0.186. The highest BCUT2D eigenvalue weighted by Crippen LogP contribution is 2.43. The molecule has 0 radical (unpaired) electrons. The molecule has 0 spiro atoms. The zero-order valence-corrected chi connectivity index (χ0v) is 16.6. The van der Waals surface area contributed by atoms with Gasteiger partial charge in [-0.15, -0.1) is 0 Å². The number of nitrogens with one attached hydrogen (secondary N) is 1. The summed E-state index contributed by atoms with van der Waals surface area (Å²) < 4.78 is 40.6. The van der Waals surface area contributed by atoms with Crippen molar-refractivity contribution in [1.29, 1.82) is 0 Å². The molecule has 0 atom stereocenters. The van der Waals surface area contributed by atoms with Gasteiger partial charge in [0, 0.05) is 48.8 Å². The van der Waals surface area contributed by atoms with Crippen LogP contribution >= 0.6 is 23.2 Å². The lowest BCUT2D eigenvalue weighted by molar-refractivity contribution is -0.141. The normalized spacial score (nSPS) is 14.5. The van der Waals surface area contributed by atoms with E-state index in [9.17, 15) is 23.1 Å². The van der Waals surface area contributed by atoms with Gasteiger partial charge in [-0.3, -0.25) is 9.48 Å². The highest BCUT2D eigenvalue weighted by atomic mass is 35.5. The van der Waals surface area contributed by atoms with Gasteiger partial charge in [0.05, 0.1) is 21.3 Å². The molecule has 0 saturated heterocycles. The van der Waals surface area contributed by atoms with Crippen molar-refractivity contribution >= 4 is 40.0 Å². The summed E-state index contributed by atoms with van der Waals surface area (Å²) in [7, 11) is 1.42. The molecule has 0 unspecified atom stereocenters. The second-order valence-corrected chi connectivity index (χ2v) is 7.60. The van der Waals surface area contributed by atoms with Crippen LogP contribution in [0, 0.1) is 0 Å². The Bertz CT molecular complexity index is 1140. The first kappa shape index (κ1) is 20.1. The lowest BCUT2D eigenvalue weighted by atomic mass is 9.98. The first-order valence-corrected chi connectivity index (χ1v) is 9.39. The summed E-state index contributed by atoms with van der Waals surface area (Å²) in [6.45, 7) is -0.0126. The fourth-order valence-electron chi connectivity index (χ4n) is 3.71. The number of aromatic nitrogens is 3. The van der Waals surface area contributed by atoms with Crippen molar-refractivity contribution in [2.45, 2.75) is 19.1 Å². The number of rotatable bonds is 2. The molecular formula is C18H15Cl2F3N4O2. The Morgan fingerprint density at radius 2 is 2.07 bits per heavy atom. The molecule has 1 amide bonds. The number of nitrogens with zero attached hydrogens (tertiary/aromatic N) is 3. The highest BCUT2D eigenvalue weighted by Gasteiger charge is 2.35. The Morgan fingerprint density at radius 1 is 1.34 bits per heavy atom. The summed E-state index contributed by atoms with van der Waals surface area (Å²) in [5, 5.41) is 13.8.